The van der Waals surface area contributed by atoms with Gasteiger partial charge in [0.2, 0.25) is 0 Å². The summed E-state index contributed by atoms with van der Waals surface area (Å²) in [5.74, 6) is 0.0827. The van der Waals surface area contributed by atoms with Gasteiger partial charge in [0.15, 0.2) is 0 Å². The van der Waals surface area contributed by atoms with E-state index in [9.17, 15) is 9.59 Å². The maximum atomic E-state index is 12.2. The van der Waals surface area contributed by atoms with Gasteiger partial charge in [0.05, 0.1) is 7.11 Å². The number of benzene rings is 1. The summed E-state index contributed by atoms with van der Waals surface area (Å²) in [6, 6.07) is 7.55. The lowest BCUT2D eigenvalue weighted by atomic mass is 10.0. The number of carbonyl (C=O) groups excluding carboxylic acids is 2. The molecule has 1 aliphatic rings. The average molecular weight is 418 g/mol. The van der Waals surface area contributed by atoms with Crippen LogP contribution in [-0.2, 0) is 9.47 Å². The highest BCUT2D eigenvalue weighted by molar-refractivity contribution is 7.08. The largest absolute Gasteiger partial charge is 0.489 e. The zero-order valence-electron chi connectivity index (χ0n) is 17.3. The van der Waals surface area contributed by atoms with E-state index in [1.54, 1.807) is 22.3 Å². The molecule has 0 spiro atoms. The molecule has 2 heterocycles. The Balaban J connectivity index is 1.70. The molecule has 3 rings (SSSR count). The number of ether oxygens (including phenoxy) is 3. The van der Waals surface area contributed by atoms with E-state index >= 15 is 0 Å². The molecule has 0 atom stereocenters. The second-order valence-electron chi connectivity index (χ2n) is 8.00. The monoisotopic (exact) mass is 417 g/mol. The van der Waals surface area contributed by atoms with E-state index in [2.05, 4.69) is 5.38 Å². The van der Waals surface area contributed by atoms with Crippen LogP contribution in [0.2, 0.25) is 0 Å². The Labute approximate surface area is 175 Å². The van der Waals surface area contributed by atoms with Crippen LogP contribution in [0.1, 0.15) is 44.0 Å². The van der Waals surface area contributed by atoms with E-state index in [0.717, 1.165) is 11.1 Å². The van der Waals surface area contributed by atoms with Gasteiger partial charge in [0.25, 0.3) is 0 Å². The van der Waals surface area contributed by atoms with Gasteiger partial charge in [-0.25, -0.2) is 9.59 Å². The number of nitrogens with zero attached hydrogens (tertiary/aromatic N) is 1. The number of rotatable bonds is 4. The summed E-state index contributed by atoms with van der Waals surface area (Å²) in [6.07, 6.45) is 0.950. The summed E-state index contributed by atoms with van der Waals surface area (Å²) in [6.45, 7) is 6.68. The molecule has 1 saturated heterocycles. The van der Waals surface area contributed by atoms with Crippen LogP contribution in [0, 0.1) is 0 Å². The summed E-state index contributed by atoms with van der Waals surface area (Å²) in [4.78, 5) is 26.1. The maximum absolute atomic E-state index is 12.2. The van der Waals surface area contributed by atoms with E-state index in [-0.39, 0.29) is 12.2 Å². The molecule has 0 bridgehead atoms. The first-order valence-electron chi connectivity index (χ1n) is 9.66. The first-order chi connectivity index (χ1) is 13.8. The summed E-state index contributed by atoms with van der Waals surface area (Å²) in [5, 5.41) is 4.06. The van der Waals surface area contributed by atoms with E-state index in [1.165, 1.54) is 7.11 Å². The van der Waals surface area contributed by atoms with E-state index < -0.39 is 11.6 Å². The van der Waals surface area contributed by atoms with Crippen molar-refractivity contribution in [3.8, 4) is 16.9 Å². The van der Waals surface area contributed by atoms with Gasteiger partial charge < -0.3 is 19.1 Å². The fourth-order valence-corrected chi connectivity index (χ4v) is 3.83. The van der Waals surface area contributed by atoms with Crippen LogP contribution in [0.4, 0.5) is 4.79 Å². The number of thiophene rings is 1. The molecule has 1 aromatic heterocycles. The Hall–Kier alpha value is -2.54. The van der Waals surface area contributed by atoms with Gasteiger partial charge >= 0.3 is 12.1 Å². The Morgan fingerprint density at radius 2 is 1.83 bits per heavy atom. The lowest BCUT2D eigenvalue weighted by Crippen LogP contribution is -2.44. The van der Waals surface area contributed by atoms with Gasteiger partial charge in [-0.05, 0) is 60.9 Å². The normalized spacial score (nSPS) is 15.1. The molecular formula is C22H27NO5S. The first kappa shape index (κ1) is 21.2. The molecule has 7 heteroatoms. The zero-order valence-corrected chi connectivity index (χ0v) is 18.1. The van der Waals surface area contributed by atoms with Crippen LogP contribution in [0.3, 0.4) is 0 Å². The predicted octanol–water partition coefficient (Wildman–Crippen LogP) is 4.98. The number of hydrogen-bond acceptors (Lipinski definition) is 6. The van der Waals surface area contributed by atoms with Gasteiger partial charge in [-0.15, -0.1) is 0 Å². The minimum atomic E-state index is -0.512. The van der Waals surface area contributed by atoms with Crippen molar-refractivity contribution in [1.82, 2.24) is 4.90 Å². The number of piperidine rings is 1. The zero-order chi connectivity index (χ0) is 21.0. The average Bonchev–Trinajstić information content (AvgIpc) is 3.21. The van der Waals surface area contributed by atoms with Gasteiger partial charge in [0.1, 0.15) is 23.0 Å². The molecule has 0 aliphatic carbocycles. The number of likely N-dealkylation sites (tertiary alicyclic amines) is 1. The van der Waals surface area contributed by atoms with Crippen LogP contribution in [0.5, 0.6) is 5.75 Å². The number of hydrogen-bond donors (Lipinski definition) is 0. The molecule has 1 aliphatic heterocycles. The number of methoxy groups -OCH3 is 1. The summed E-state index contributed by atoms with van der Waals surface area (Å²) < 4.78 is 16.5. The van der Waals surface area contributed by atoms with Crippen molar-refractivity contribution in [3.63, 3.8) is 0 Å². The minimum Gasteiger partial charge on any atom is -0.489 e. The van der Waals surface area contributed by atoms with E-state index in [4.69, 9.17) is 14.2 Å². The second kappa shape index (κ2) is 8.86. The van der Waals surface area contributed by atoms with E-state index in [1.807, 2.05) is 44.4 Å². The molecule has 1 aromatic carbocycles. The minimum absolute atomic E-state index is 0.0881. The third-order valence-corrected chi connectivity index (χ3v) is 5.31. The third-order valence-electron chi connectivity index (χ3n) is 4.63. The van der Waals surface area contributed by atoms with Crippen LogP contribution in [0.15, 0.2) is 35.0 Å². The van der Waals surface area contributed by atoms with Gasteiger partial charge in [0, 0.05) is 25.9 Å². The summed E-state index contributed by atoms with van der Waals surface area (Å²) in [7, 11) is 1.36. The molecule has 2 aromatic rings. The fraction of sp³-hybridized carbons (Fsp3) is 0.455. The number of amides is 1. The van der Waals surface area contributed by atoms with Crippen LogP contribution in [-0.4, -0.2) is 48.9 Å². The molecule has 0 radical (unpaired) electrons. The van der Waals surface area contributed by atoms with E-state index in [0.29, 0.717) is 37.2 Å². The third kappa shape index (κ3) is 5.50. The fourth-order valence-electron chi connectivity index (χ4n) is 3.17. The molecule has 1 amide bonds. The maximum Gasteiger partial charge on any atom is 0.410 e. The van der Waals surface area contributed by atoms with Crippen molar-refractivity contribution in [2.75, 3.05) is 20.2 Å². The molecular weight excluding hydrogens is 390 g/mol. The molecule has 0 unspecified atom stereocenters. The molecule has 156 valence electrons. The summed E-state index contributed by atoms with van der Waals surface area (Å²) in [5.41, 5.74) is 1.96. The topological polar surface area (TPSA) is 65.1 Å². The highest BCUT2D eigenvalue weighted by Crippen LogP contribution is 2.31. The number of carbonyl (C=O) groups is 2. The van der Waals surface area contributed by atoms with Crippen molar-refractivity contribution in [2.24, 2.45) is 0 Å². The lowest BCUT2D eigenvalue weighted by Gasteiger charge is -2.33. The Morgan fingerprint density at radius 1 is 1.10 bits per heavy atom. The summed E-state index contributed by atoms with van der Waals surface area (Å²) >= 11 is 1.62. The predicted molar refractivity (Wildman–Crippen MR) is 113 cm³/mol. The van der Waals surface area contributed by atoms with Crippen molar-refractivity contribution in [2.45, 2.75) is 45.3 Å². The first-order valence-corrected chi connectivity index (χ1v) is 10.6. The van der Waals surface area contributed by atoms with Crippen molar-refractivity contribution in [1.29, 1.82) is 0 Å². The lowest BCUT2D eigenvalue weighted by molar-refractivity contribution is 0.0126. The Bertz CT molecular complexity index is 849. The molecule has 0 saturated carbocycles. The van der Waals surface area contributed by atoms with Gasteiger partial charge in [-0.2, -0.15) is 11.3 Å². The Kier molecular flexibility index (Phi) is 6.47. The number of esters is 1. The van der Waals surface area contributed by atoms with Gasteiger partial charge in [-0.3, -0.25) is 0 Å². The van der Waals surface area contributed by atoms with Crippen molar-refractivity contribution >= 4 is 23.4 Å². The smallest absolute Gasteiger partial charge is 0.410 e. The standard InChI is InChI=1S/C22H27NO5S/c1-22(2,3)28-21(25)23-10-7-17(8-11-23)27-19-13-15(16-9-12-29-14-16)5-6-18(19)20(24)26-4/h5-6,9,12-14,17H,7-8,10-11H2,1-4H3. The molecule has 0 N–H and O–H groups in total. The highest BCUT2D eigenvalue weighted by Gasteiger charge is 2.28. The quantitative estimate of drug-likeness (QED) is 0.657. The molecule has 1 fully saturated rings. The van der Waals surface area contributed by atoms with Gasteiger partial charge in [-0.1, -0.05) is 6.07 Å². The Morgan fingerprint density at radius 3 is 2.41 bits per heavy atom. The van der Waals surface area contributed by atoms with Crippen LogP contribution >= 0.6 is 11.3 Å². The SMILES string of the molecule is COC(=O)c1ccc(-c2ccsc2)cc1OC1CCN(C(=O)OC(C)(C)C)CC1. The second-order valence-corrected chi connectivity index (χ2v) is 8.78. The van der Waals surface area contributed by atoms with Crippen LogP contribution < -0.4 is 4.74 Å². The molecule has 29 heavy (non-hydrogen) atoms. The van der Waals surface area contributed by atoms with Crippen molar-refractivity contribution in [3.05, 3.63) is 40.6 Å². The van der Waals surface area contributed by atoms with Crippen LogP contribution in [0.25, 0.3) is 11.1 Å². The van der Waals surface area contributed by atoms with Crippen molar-refractivity contribution < 1.29 is 23.8 Å². The molecule has 6 nitrogen and oxygen atoms in total. The highest BCUT2D eigenvalue weighted by atomic mass is 32.1.